The molecule has 8 nitrogen and oxygen atoms in total. The van der Waals surface area contributed by atoms with E-state index in [0.29, 0.717) is 18.3 Å². The molecule has 0 aliphatic carbocycles. The van der Waals surface area contributed by atoms with Crippen molar-refractivity contribution in [2.24, 2.45) is 16.0 Å². The first kappa shape index (κ1) is 27.7. The molecule has 0 saturated carbocycles. The zero-order valence-corrected chi connectivity index (χ0v) is 24.0. The van der Waals surface area contributed by atoms with E-state index in [4.69, 9.17) is 14.9 Å². The van der Waals surface area contributed by atoms with Crippen LogP contribution in [0.4, 0.5) is 0 Å². The Hall–Kier alpha value is -3.85. The molecule has 2 aliphatic heterocycles. The lowest BCUT2D eigenvalue weighted by Gasteiger charge is -2.20. The number of carbonyl (C=O) groups excluding carboxylic acids is 1. The Bertz CT molecular complexity index is 1490. The average Bonchev–Trinajstić information content (AvgIpc) is 3.54. The molecule has 1 amide bonds. The lowest BCUT2D eigenvalue weighted by molar-refractivity contribution is -0.114. The zero-order chi connectivity index (χ0) is 28.1. The lowest BCUT2D eigenvalue weighted by Crippen LogP contribution is -2.35. The van der Waals surface area contributed by atoms with Gasteiger partial charge in [-0.2, -0.15) is 15.1 Å². The lowest BCUT2D eigenvalue weighted by atomic mass is 10.1. The fourth-order valence-corrected chi connectivity index (χ4v) is 5.48. The highest BCUT2D eigenvalue weighted by Gasteiger charge is 2.36. The number of ether oxygens (including phenoxy) is 2. The van der Waals surface area contributed by atoms with Crippen LogP contribution in [0.25, 0.3) is 17.0 Å². The van der Waals surface area contributed by atoms with Gasteiger partial charge >= 0.3 is 0 Å². The van der Waals surface area contributed by atoms with Crippen molar-refractivity contribution in [3.05, 3.63) is 65.9 Å². The van der Waals surface area contributed by atoms with Crippen molar-refractivity contribution in [1.82, 2.24) is 9.58 Å². The van der Waals surface area contributed by atoms with Gasteiger partial charge in [0.05, 0.1) is 18.7 Å². The summed E-state index contributed by atoms with van der Waals surface area (Å²) < 4.78 is 14.0. The molecule has 1 aromatic heterocycles. The van der Waals surface area contributed by atoms with Crippen LogP contribution in [-0.4, -0.2) is 44.7 Å². The van der Waals surface area contributed by atoms with E-state index in [2.05, 4.69) is 21.6 Å². The SMILES string of the molecule is CCCCCCOc1ccc(OCCn2cc(/C=C3/C(=N)N4N=C(C(C)C)SC4=NC3=O)c3ccccc32)cc1. The zero-order valence-electron chi connectivity index (χ0n) is 23.2. The largest absolute Gasteiger partial charge is 0.494 e. The molecule has 0 atom stereocenters. The molecular formula is C31H35N5O3S. The van der Waals surface area contributed by atoms with Crippen LogP contribution in [0, 0.1) is 11.3 Å². The smallest absolute Gasteiger partial charge is 0.283 e. The van der Waals surface area contributed by atoms with Crippen LogP contribution in [0.1, 0.15) is 52.0 Å². The first-order chi connectivity index (χ1) is 19.4. The van der Waals surface area contributed by atoms with E-state index in [1.165, 1.54) is 36.0 Å². The van der Waals surface area contributed by atoms with Gasteiger partial charge in [-0.05, 0) is 54.6 Å². The molecule has 0 fully saturated rings. The number of nitrogens with zero attached hydrogens (tertiary/aromatic N) is 4. The molecule has 3 aromatic rings. The fraction of sp³-hybridized carbons (Fsp3) is 0.355. The number of hydrogen-bond donors (Lipinski definition) is 1. The molecule has 3 heterocycles. The number of benzene rings is 2. The molecule has 1 N–H and O–H groups in total. The monoisotopic (exact) mass is 557 g/mol. The molecule has 5 rings (SSSR count). The predicted octanol–water partition coefficient (Wildman–Crippen LogP) is 6.95. The molecule has 0 saturated heterocycles. The van der Waals surface area contributed by atoms with Crippen molar-refractivity contribution in [2.75, 3.05) is 13.2 Å². The molecular weight excluding hydrogens is 522 g/mol. The van der Waals surface area contributed by atoms with Crippen LogP contribution < -0.4 is 9.47 Å². The second-order valence-electron chi connectivity index (χ2n) is 10.1. The number of unbranched alkanes of at least 4 members (excludes halogenated alkanes) is 3. The summed E-state index contributed by atoms with van der Waals surface area (Å²) in [4.78, 5) is 17.1. The van der Waals surface area contributed by atoms with Gasteiger partial charge in [-0.3, -0.25) is 10.2 Å². The van der Waals surface area contributed by atoms with E-state index in [1.54, 1.807) is 6.08 Å². The van der Waals surface area contributed by atoms with Crippen LogP contribution in [0.3, 0.4) is 0 Å². The van der Waals surface area contributed by atoms with Gasteiger partial charge in [0, 0.05) is 28.6 Å². The molecule has 0 bridgehead atoms. The molecule has 2 aromatic carbocycles. The van der Waals surface area contributed by atoms with Crippen molar-refractivity contribution in [3.8, 4) is 11.5 Å². The molecule has 40 heavy (non-hydrogen) atoms. The molecule has 2 aliphatic rings. The highest BCUT2D eigenvalue weighted by Crippen LogP contribution is 2.32. The van der Waals surface area contributed by atoms with Crippen molar-refractivity contribution >= 4 is 50.7 Å². The number of aromatic nitrogens is 1. The Morgan fingerprint density at radius 2 is 1.73 bits per heavy atom. The number of amidine groups is 2. The third-order valence-electron chi connectivity index (χ3n) is 6.77. The summed E-state index contributed by atoms with van der Waals surface area (Å²) >= 11 is 1.35. The number of carbonyl (C=O) groups is 1. The van der Waals surface area contributed by atoms with Gasteiger partial charge < -0.3 is 14.0 Å². The molecule has 0 spiro atoms. The number of hydrazone groups is 1. The summed E-state index contributed by atoms with van der Waals surface area (Å²) in [6.07, 6.45) is 8.48. The normalized spacial score (nSPS) is 16.1. The maximum absolute atomic E-state index is 12.9. The fourth-order valence-electron chi connectivity index (χ4n) is 4.58. The number of rotatable bonds is 12. The first-order valence-corrected chi connectivity index (χ1v) is 14.7. The Morgan fingerprint density at radius 1 is 1.00 bits per heavy atom. The van der Waals surface area contributed by atoms with Crippen LogP contribution >= 0.6 is 11.8 Å². The van der Waals surface area contributed by atoms with Gasteiger partial charge in [-0.15, -0.1) is 0 Å². The minimum Gasteiger partial charge on any atom is -0.494 e. The summed E-state index contributed by atoms with van der Waals surface area (Å²) in [7, 11) is 0. The van der Waals surface area contributed by atoms with Gasteiger partial charge in [-0.1, -0.05) is 58.2 Å². The number of aliphatic imine (C=N–C) groups is 1. The van der Waals surface area contributed by atoms with Gasteiger partial charge in [0.1, 0.15) is 23.1 Å². The van der Waals surface area contributed by atoms with E-state index in [-0.39, 0.29) is 17.3 Å². The van der Waals surface area contributed by atoms with Crippen LogP contribution in [-0.2, 0) is 11.3 Å². The number of thioether (sulfide) groups is 1. The summed E-state index contributed by atoms with van der Waals surface area (Å²) in [5.41, 5.74) is 2.10. The Kier molecular flexibility index (Phi) is 8.69. The average molecular weight is 558 g/mol. The second-order valence-corrected chi connectivity index (χ2v) is 11.1. The summed E-state index contributed by atoms with van der Waals surface area (Å²) in [6, 6.07) is 15.8. The van der Waals surface area contributed by atoms with Gasteiger partial charge in [-0.25, -0.2) is 0 Å². The van der Waals surface area contributed by atoms with Gasteiger partial charge in [0.25, 0.3) is 5.91 Å². The minimum absolute atomic E-state index is 0.0479. The summed E-state index contributed by atoms with van der Waals surface area (Å²) in [5.74, 6) is 1.47. The quantitative estimate of drug-likeness (QED) is 0.192. The van der Waals surface area contributed by atoms with Crippen molar-refractivity contribution < 1.29 is 14.3 Å². The number of para-hydroxylation sites is 1. The third kappa shape index (κ3) is 6.14. The first-order valence-electron chi connectivity index (χ1n) is 13.9. The Balaban J connectivity index is 1.26. The molecule has 0 unspecified atom stereocenters. The number of hydrogen-bond acceptors (Lipinski definition) is 6. The van der Waals surface area contributed by atoms with Gasteiger partial charge in [0.15, 0.2) is 5.84 Å². The Labute approximate surface area is 239 Å². The van der Waals surface area contributed by atoms with E-state index in [0.717, 1.165) is 46.0 Å². The molecule has 9 heteroatoms. The molecule has 208 valence electrons. The maximum atomic E-state index is 12.9. The maximum Gasteiger partial charge on any atom is 0.283 e. The number of fused-ring (bicyclic) bond motifs is 2. The van der Waals surface area contributed by atoms with E-state index in [1.807, 2.05) is 68.6 Å². The van der Waals surface area contributed by atoms with E-state index in [9.17, 15) is 4.79 Å². The predicted molar refractivity (Wildman–Crippen MR) is 163 cm³/mol. The number of nitrogens with one attached hydrogen (secondary N) is 1. The van der Waals surface area contributed by atoms with Gasteiger partial charge in [0.2, 0.25) is 5.17 Å². The van der Waals surface area contributed by atoms with Crippen molar-refractivity contribution in [1.29, 1.82) is 5.41 Å². The van der Waals surface area contributed by atoms with Crippen LogP contribution in [0.5, 0.6) is 11.5 Å². The van der Waals surface area contributed by atoms with Crippen LogP contribution in [0.15, 0.2) is 70.4 Å². The highest BCUT2D eigenvalue weighted by atomic mass is 32.2. The van der Waals surface area contributed by atoms with Crippen molar-refractivity contribution in [3.63, 3.8) is 0 Å². The van der Waals surface area contributed by atoms with Crippen LogP contribution in [0.2, 0.25) is 0 Å². The topological polar surface area (TPSA) is 92.3 Å². The van der Waals surface area contributed by atoms with Crippen molar-refractivity contribution in [2.45, 2.75) is 53.0 Å². The third-order valence-corrected chi connectivity index (χ3v) is 7.98. The standard InChI is InChI=1S/C31H35N5O3S/c1-4-5-6-9-17-38-23-12-14-24(15-13-23)39-18-16-35-20-22(25-10-7-8-11-27(25)35)19-26-28(32)36-31(33-29(26)37)40-30(34-36)21(2)3/h7-8,10-15,19-21,32H,4-6,9,16-18H2,1-3H3/b26-19-,32-28?. The highest BCUT2D eigenvalue weighted by molar-refractivity contribution is 8.27. The van der Waals surface area contributed by atoms with E-state index < -0.39 is 5.91 Å². The molecule has 0 radical (unpaired) electrons. The minimum atomic E-state index is -0.419. The van der Waals surface area contributed by atoms with E-state index >= 15 is 0 Å². The summed E-state index contributed by atoms with van der Waals surface area (Å²) in [5, 5.41) is 17.0. The number of amides is 1. The summed E-state index contributed by atoms with van der Waals surface area (Å²) in [6.45, 7) is 8.11. The second kappa shape index (κ2) is 12.6. The Morgan fingerprint density at radius 3 is 2.45 bits per heavy atom.